The van der Waals surface area contributed by atoms with Crippen molar-refractivity contribution in [3.05, 3.63) is 110 Å². The van der Waals surface area contributed by atoms with Gasteiger partial charge < -0.3 is 24.5 Å². The summed E-state index contributed by atoms with van der Waals surface area (Å²) in [4.78, 5) is 52.8. The standard InChI is InChI=1S/C31H27BrN4O5/c1-18(37)20-4-2-5-23(13-20)33-30(39)21-8-9-26(24(14-21)34-31(40)27-10-11-28(32)41-27)35-15-19-12-22(17-35)25-6-3-7-29(38)36(25)16-19/h2-11,13-14,19,22H,12,15-17H2,1H3,(H,33,39)(H,34,40). The number of carbonyl (C=O) groups is 3. The second-order valence-corrected chi connectivity index (χ2v) is 11.3. The monoisotopic (exact) mass is 614 g/mol. The molecule has 1 saturated heterocycles. The second-order valence-electron chi connectivity index (χ2n) is 10.5. The fourth-order valence-corrected chi connectivity index (χ4v) is 6.09. The zero-order valence-corrected chi connectivity index (χ0v) is 23.8. The third-order valence-electron chi connectivity index (χ3n) is 7.65. The van der Waals surface area contributed by atoms with Crippen LogP contribution in [0.5, 0.6) is 0 Å². The first-order valence-electron chi connectivity index (χ1n) is 13.3. The normalized spacial score (nSPS) is 17.5. The van der Waals surface area contributed by atoms with E-state index in [4.69, 9.17) is 4.42 Å². The fourth-order valence-electron chi connectivity index (χ4n) is 5.79. The van der Waals surface area contributed by atoms with Gasteiger partial charge in [0.2, 0.25) is 0 Å². The fraction of sp³-hybridized carbons (Fsp3) is 0.226. The Bertz CT molecular complexity index is 1740. The van der Waals surface area contributed by atoms with Gasteiger partial charge in [0.05, 0.1) is 11.4 Å². The lowest BCUT2D eigenvalue weighted by molar-refractivity contribution is 0.0991. The van der Waals surface area contributed by atoms with Crippen LogP contribution >= 0.6 is 15.9 Å². The first-order valence-corrected chi connectivity index (χ1v) is 14.1. The second kappa shape index (κ2) is 10.9. The smallest absolute Gasteiger partial charge is 0.291 e. The minimum atomic E-state index is -0.447. The highest BCUT2D eigenvalue weighted by Crippen LogP contribution is 2.39. The minimum absolute atomic E-state index is 0.0208. The van der Waals surface area contributed by atoms with E-state index in [0.717, 1.165) is 17.8 Å². The van der Waals surface area contributed by atoms with Gasteiger partial charge in [-0.05, 0) is 83.7 Å². The minimum Gasteiger partial charge on any atom is -0.444 e. The topological polar surface area (TPSA) is 114 Å². The van der Waals surface area contributed by atoms with Gasteiger partial charge in [0, 0.05) is 54.1 Å². The van der Waals surface area contributed by atoms with Gasteiger partial charge in [-0.3, -0.25) is 19.2 Å². The van der Waals surface area contributed by atoms with Crippen molar-refractivity contribution < 1.29 is 18.8 Å². The number of pyridine rings is 1. The van der Waals surface area contributed by atoms with Crippen molar-refractivity contribution in [3.8, 4) is 0 Å². The molecule has 0 radical (unpaired) electrons. The van der Waals surface area contributed by atoms with Crippen molar-refractivity contribution in [1.29, 1.82) is 0 Å². The third-order valence-corrected chi connectivity index (χ3v) is 8.08. The first kappa shape index (κ1) is 26.8. The summed E-state index contributed by atoms with van der Waals surface area (Å²) < 4.78 is 7.76. The van der Waals surface area contributed by atoms with E-state index in [-0.39, 0.29) is 34.8 Å². The Labute approximate surface area is 244 Å². The van der Waals surface area contributed by atoms with Crippen LogP contribution in [0.1, 0.15) is 56.2 Å². The number of ketones is 1. The molecule has 2 amide bonds. The van der Waals surface area contributed by atoms with Gasteiger partial charge in [-0.2, -0.15) is 0 Å². The van der Waals surface area contributed by atoms with Crippen molar-refractivity contribution in [2.24, 2.45) is 5.92 Å². The van der Waals surface area contributed by atoms with Crippen molar-refractivity contribution in [1.82, 2.24) is 4.57 Å². The highest BCUT2D eigenvalue weighted by molar-refractivity contribution is 9.10. The van der Waals surface area contributed by atoms with Gasteiger partial charge in [-0.1, -0.05) is 18.2 Å². The maximum atomic E-state index is 13.2. The average molecular weight is 615 g/mol. The van der Waals surface area contributed by atoms with Crippen LogP contribution in [0.3, 0.4) is 0 Å². The molecular weight excluding hydrogens is 588 g/mol. The number of halogens is 1. The Morgan fingerprint density at radius 1 is 0.878 bits per heavy atom. The summed E-state index contributed by atoms with van der Waals surface area (Å²) >= 11 is 3.23. The van der Waals surface area contributed by atoms with Crippen molar-refractivity contribution in [2.45, 2.75) is 25.8 Å². The Kier molecular flexibility index (Phi) is 7.08. The van der Waals surface area contributed by atoms with E-state index in [1.54, 1.807) is 60.7 Å². The Morgan fingerprint density at radius 3 is 2.49 bits per heavy atom. The molecule has 2 aliphatic heterocycles. The summed E-state index contributed by atoms with van der Waals surface area (Å²) in [5.74, 6) is -0.364. The molecule has 1 fully saturated rings. The average Bonchev–Trinajstić information content (AvgIpc) is 3.40. The van der Waals surface area contributed by atoms with Crippen molar-refractivity contribution in [3.63, 3.8) is 0 Å². The highest BCUT2D eigenvalue weighted by atomic mass is 79.9. The number of hydrogen-bond acceptors (Lipinski definition) is 6. The van der Waals surface area contributed by atoms with Crippen molar-refractivity contribution >= 4 is 50.6 Å². The van der Waals surface area contributed by atoms with Crippen LogP contribution in [0, 0.1) is 5.92 Å². The molecule has 2 aromatic heterocycles. The van der Waals surface area contributed by atoms with Gasteiger partial charge in [0.25, 0.3) is 17.4 Å². The number of carbonyl (C=O) groups excluding carboxylic acids is 3. The number of fused-ring (bicyclic) bond motifs is 4. The summed E-state index contributed by atoms with van der Waals surface area (Å²) in [6, 6.07) is 20.6. The quantitative estimate of drug-likeness (QED) is 0.276. The number of benzene rings is 2. The molecule has 2 N–H and O–H groups in total. The highest BCUT2D eigenvalue weighted by Gasteiger charge is 2.35. The molecule has 2 unspecified atom stereocenters. The number of piperidine rings is 1. The Hall–Kier alpha value is -4.44. The van der Waals surface area contributed by atoms with E-state index in [2.05, 4.69) is 31.5 Å². The van der Waals surface area contributed by atoms with E-state index in [1.165, 1.54) is 6.92 Å². The van der Waals surface area contributed by atoms with E-state index in [0.29, 0.717) is 46.8 Å². The SMILES string of the molecule is CC(=O)c1cccc(NC(=O)c2ccc(N3CC4CC(C3)c3cccc(=O)n3C4)c(NC(=O)c3ccc(Br)o3)c2)c1. The number of nitrogens with zero attached hydrogens (tertiary/aromatic N) is 2. The summed E-state index contributed by atoms with van der Waals surface area (Å²) in [5, 5.41) is 5.78. The molecule has 10 heteroatoms. The van der Waals surface area contributed by atoms with Crippen LogP contribution in [0.15, 0.2) is 86.7 Å². The number of aromatic nitrogens is 1. The Balaban J connectivity index is 1.32. The van der Waals surface area contributed by atoms with Crippen LogP contribution in [0.25, 0.3) is 0 Å². The maximum absolute atomic E-state index is 13.2. The van der Waals surface area contributed by atoms with Crippen LogP contribution < -0.4 is 21.1 Å². The van der Waals surface area contributed by atoms with E-state index in [9.17, 15) is 19.2 Å². The summed E-state index contributed by atoms with van der Waals surface area (Å²) in [6.45, 7) is 3.48. The molecule has 4 heterocycles. The zero-order valence-electron chi connectivity index (χ0n) is 22.2. The number of nitrogens with one attached hydrogen (secondary N) is 2. The Morgan fingerprint density at radius 2 is 1.71 bits per heavy atom. The molecule has 208 valence electrons. The van der Waals surface area contributed by atoms with Crippen LogP contribution in [0.4, 0.5) is 17.1 Å². The molecule has 2 aliphatic rings. The van der Waals surface area contributed by atoms with E-state index < -0.39 is 5.91 Å². The lowest BCUT2D eigenvalue weighted by atomic mass is 9.83. The van der Waals surface area contributed by atoms with Gasteiger partial charge in [-0.15, -0.1) is 0 Å². The van der Waals surface area contributed by atoms with Gasteiger partial charge in [0.1, 0.15) is 0 Å². The predicted molar refractivity (Wildman–Crippen MR) is 159 cm³/mol. The van der Waals surface area contributed by atoms with Gasteiger partial charge in [0.15, 0.2) is 16.2 Å². The number of amides is 2. The van der Waals surface area contributed by atoms with Crippen LogP contribution in [0.2, 0.25) is 0 Å². The summed E-state index contributed by atoms with van der Waals surface area (Å²) in [6.07, 6.45) is 0.988. The number of furan rings is 1. The molecule has 0 spiro atoms. The summed E-state index contributed by atoms with van der Waals surface area (Å²) in [5.41, 5.74) is 3.62. The molecule has 0 saturated carbocycles. The van der Waals surface area contributed by atoms with E-state index >= 15 is 0 Å². The number of rotatable bonds is 6. The molecule has 2 aromatic carbocycles. The van der Waals surface area contributed by atoms with Crippen LogP contribution in [-0.2, 0) is 6.54 Å². The van der Waals surface area contributed by atoms with Gasteiger partial charge in [-0.25, -0.2) is 0 Å². The summed E-state index contributed by atoms with van der Waals surface area (Å²) in [7, 11) is 0. The lowest BCUT2D eigenvalue weighted by Crippen LogP contribution is -2.47. The van der Waals surface area contributed by atoms with E-state index in [1.807, 2.05) is 16.7 Å². The predicted octanol–water partition coefficient (Wildman–Crippen LogP) is 5.53. The molecule has 2 bridgehead atoms. The molecule has 0 aliphatic carbocycles. The number of hydrogen-bond donors (Lipinski definition) is 2. The lowest BCUT2D eigenvalue weighted by Gasteiger charge is -2.44. The van der Waals surface area contributed by atoms with Crippen molar-refractivity contribution in [2.75, 3.05) is 28.6 Å². The number of Topliss-reactive ketones (excluding diaryl/α,β-unsaturated/α-hetero) is 1. The number of anilines is 3. The molecule has 9 nitrogen and oxygen atoms in total. The molecule has 4 aromatic rings. The largest absolute Gasteiger partial charge is 0.444 e. The van der Waals surface area contributed by atoms with Crippen LogP contribution in [-0.4, -0.2) is 35.3 Å². The molecular formula is C31H27BrN4O5. The van der Waals surface area contributed by atoms with Gasteiger partial charge >= 0.3 is 0 Å². The third kappa shape index (κ3) is 5.47. The first-order chi connectivity index (χ1) is 19.7. The maximum Gasteiger partial charge on any atom is 0.291 e. The molecule has 2 atom stereocenters. The molecule has 41 heavy (non-hydrogen) atoms. The molecule has 6 rings (SSSR count). The zero-order chi connectivity index (χ0) is 28.7.